The molecule has 7 nitrogen and oxygen atoms in total. The van der Waals surface area contributed by atoms with E-state index in [9.17, 15) is 0 Å². The molecule has 0 spiro atoms. The lowest BCUT2D eigenvalue weighted by molar-refractivity contribution is 0.122. The van der Waals surface area contributed by atoms with Gasteiger partial charge in [0.25, 0.3) is 0 Å². The summed E-state index contributed by atoms with van der Waals surface area (Å²) < 4.78 is 11.5. The predicted octanol–water partition coefficient (Wildman–Crippen LogP) is 2.60. The molecule has 1 N–H and O–H groups in total. The zero-order valence-corrected chi connectivity index (χ0v) is 12.9. The summed E-state index contributed by atoms with van der Waals surface area (Å²) in [5.41, 5.74) is 3.24. The maximum Gasteiger partial charge on any atom is 0.196 e. The number of aromatic nitrogens is 4. The van der Waals surface area contributed by atoms with Crippen LogP contribution in [0.25, 0.3) is 33.5 Å². The predicted molar refractivity (Wildman–Crippen MR) is 89.9 cm³/mol. The molecule has 5 rings (SSSR count). The second-order valence-corrected chi connectivity index (χ2v) is 5.73. The van der Waals surface area contributed by atoms with Crippen molar-refractivity contribution < 1.29 is 9.15 Å². The normalized spacial score (nSPS) is 15.4. The third kappa shape index (κ3) is 2.05. The van der Waals surface area contributed by atoms with Crippen LogP contribution < -0.4 is 4.90 Å². The maximum atomic E-state index is 6.08. The van der Waals surface area contributed by atoms with E-state index in [0.717, 1.165) is 46.5 Å². The van der Waals surface area contributed by atoms with Gasteiger partial charge in [-0.05, 0) is 12.1 Å². The molecule has 120 valence electrons. The summed E-state index contributed by atoms with van der Waals surface area (Å²) in [6.07, 6.45) is 3.53. The van der Waals surface area contributed by atoms with Gasteiger partial charge in [0, 0.05) is 24.7 Å². The molecule has 0 aliphatic carbocycles. The largest absolute Gasteiger partial charge is 0.450 e. The van der Waals surface area contributed by atoms with E-state index < -0.39 is 0 Å². The Bertz CT molecular complexity index is 1000. The Morgan fingerprint density at radius 1 is 1.08 bits per heavy atom. The van der Waals surface area contributed by atoms with Gasteiger partial charge < -0.3 is 14.1 Å². The molecule has 0 unspecified atom stereocenters. The quantitative estimate of drug-likeness (QED) is 0.611. The lowest BCUT2D eigenvalue weighted by Gasteiger charge is -2.27. The summed E-state index contributed by atoms with van der Waals surface area (Å²) in [6.45, 7) is 2.95. The summed E-state index contributed by atoms with van der Waals surface area (Å²) in [7, 11) is 0. The molecule has 1 aromatic carbocycles. The number of H-pyrrole nitrogens is 1. The molecule has 24 heavy (non-hydrogen) atoms. The Kier molecular flexibility index (Phi) is 2.99. The maximum absolute atomic E-state index is 6.08. The van der Waals surface area contributed by atoms with Crippen molar-refractivity contribution in [3.63, 3.8) is 0 Å². The van der Waals surface area contributed by atoms with E-state index in [0.29, 0.717) is 19.0 Å². The minimum atomic E-state index is 0.643. The fourth-order valence-corrected chi connectivity index (χ4v) is 3.07. The van der Waals surface area contributed by atoms with Crippen LogP contribution in [0.3, 0.4) is 0 Å². The fraction of sp³-hybridized carbons (Fsp3) is 0.235. The molecule has 1 aliphatic heterocycles. The molecule has 1 saturated heterocycles. The Morgan fingerprint density at radius 2 is 1.96 bits per heavy atom. The van der Waals surface area contributed by atoms with E-state index in [1.54, 1.807) is 12.4 Å². The third-order valence-electron chi connectivity index (χ3n) is 4.27. The molecule has 4 aromatic rings. The highest BCUT2D eigenvalue weighted by molar-refractivity contribution is 6.06. The van der Waals surface area contributed by atoms with E-state index in [1.807, 2.05) is 24.3 Å². The van der Waals surface area contributed by atoms with Crippen molar-refractivity contribution in [2.75, 3.05) is 31.2 Å². The number of rotatable bonds is 2. The number of fused-ring (bicyclic) bond motifs is 3. The molecule has 0 amide bonds. The minimum absolute atomic E-state index is 0.643. The fourth-order valence-electron chi connectivity index (χ4n) is 3.07. The van der Waals surface area contributed by atoms with Gasteiger partial charge >= 0.3 is 0 Å². The Balaban J connectivity index is 1.81. The van der Waals surface area contributed by atoms with E-state index >= 15 is 0 Å². The number of hydrogen-bond acceptors (Lipinski definition) is 6. The van der Waals surface area contributed by atoms with Gasteiger partial charge in [-0.25, -0.2) is 9.97 Å². The highest BCUT2D eigenvalue weighted by atomic mass is 16.5. The number of ether oxygens (including phenoxy) is 1. The van der Waals surface area contributed by atoms with Crippen LogP contribution in [-0.2, 0) is 4.74 Å². The Labute approximate surface area is 137 Å². The molecular weight excluding hydrogens is 306 g/mol. The van der Waals surface area contributed by atoms with Gasteiger partial charge in [0.2, 0.25) is 0 Å². The van der Waals surface area contributed by atoms with Crippen LogP contribution in [-0.4, -0.2) is 46.5 Å². The number of nitrogens with one attached hydrogen (secondary N) is 1. The molecule has 1 fully saturated rings. The van der Waals surface area contributed by atoms with Gasteiger partial charge in [-0.3, -0.25) is 5.10 Å². The molecule has 0 saturated carbocycles. The standard InChI is InChI=1S/C17H15N5O2/c1-2-4-13-12(3-1)14-15(24-13)17(22-5-7-23-8-6-22)21-16(20-14)11-9-18-19-10-11/h1-4,9-10H,5-8H2,(H,18,19). The first-order valence-electron chi connectivity index (χ1n) is 7.91. The lowest BCUT2D eigenvalue weighted by Crippen LogP contribution is -2.37. The van der Waals surface area contributed by atoms with Crippen molar-refractivity contribution in [3.8, 4) is 11.4 Å². The summed E-state index contributed by atoms with van der Waals surface area (Å²) >= 11 is 0. The number of morpholine rings is 1. The van der Waals surface area contributed by atoms with Crippen molar-refractivity contribution in [1.82, 2.24) is 20.2 Å². The number of furan rings is 1. The second kappa shape index (κ2) is 5.31. The Hall–Kier alpha value is -2.93. The van der Waals surface area contributed by atoms with E-state index in [1.165, 1.54) is 0 Å². The van der Waals surface area contributed by atoms with Gasteiger partial charge in [-0.2, -0.15) is 5.10 Å². The van der Waals surface area contributed by atoms with Gasteiger partial charge in [0.05, 0.1) is 25.0 Å². The molecular formula is C17H15N5O2. The number of anilines is 1. The van der Waals surface area contributed by atoms with Crippen molar-refractivity contribution in [2.45, 2.75) is 0 Å². The number of aromatic amines is 1. The zero-order chi connectivity index (χ0) is 15.9. The second-order valence-electron chi connectivity index (χ2n) is 5.73. The minimum Gasteiger partial charge on any atom is -0.450 e. The molecule has 4 heterocycles. The number of hydrogen-bond donors (Lipinski definition) is 1. The summed E-state index contributed by atoms with van der Waals surface area (Å²) in [4.78, 5) is 11.7. The molecule has 0 radical (unpaired) electrons. The SMILES string of the molecule is c1ccc2c(c1)oc1c(N3CCOCC3)nc(-c3cn[nH]c3)nc12. The van der Waals surface area contributed by atoms with Crippen molar-refractivity contribution >= 4 is 27.9 Å². The Morgan fingerprint density at radius 3 is 2.79 bits per heavy atom. The van der Waals surface area contributed by atoms with Gasteiger partial charge in [-0.1, -0.05) is 12.1 Å². The summed E-state index contributed by atoms with van der Waals surface area (Å²) in [5.74, 6) is 1.46. The van der Waals surface area contributed by atoms with E-state index in [-0.39, 0.29) is 0 Å². The summed E-state index contributed by atoms with van der Waals surface area (Å²) in [5, 5.41) is 7.82. The van der Waals surface area contributed by atoms with Gasteiger partial charge in [0.15, 0.2) is 17.2 Å². The average molecular weight is 321 g/mol. The topological polar surface area (TPSA) is 80.1 Å². The third-order valence-corrected chi connectivity index (χ3v) is 4.27. The molecule has 1 aliphatic rings. The van der Waals surface area contributed by atoms with Crippen LogP contribution in [0, 0.1) is 0 Å². The van der Waals surface area contributed by atoms with E-state index in [4.69, 9.17) is 19.1 Å². The smallest absolute Gasteiger partial charge is 0.196 e. The molecule has 0 bridgehead atoms. The average Bonchev–Trinajstić information content (AvgIpc) is 3.29. The van der Waals surface area contributed by atoms with Crippen LogP contribution in [0.4, 0.5) is 5.82 Å². The van der Waals surface area contributed by atoms with Gasteiger partial charge in [0.1, 0.15) is 11.1 Å². The number of nitrogens with zero attached hydrogens (tertiary/aromatic N) is 4. The highest BCUT2D eigenvalue weighted by Gasteiger charge is 2.22. The first kappa shape index (κ1) is 13.5. The van der Waals surface area contributed by atoms with Crippen LogP contribution in [0.15, 0.2) is 41.1 Å². The molecule has 3 aromatic heterocycles. The first-order chi connectivity index (χ1) is 11.9. The van der Waals surface area contributed by atoms with Crippen LogP contribution in [0.2, 0.25) is 0 Å². The van der Waals surface area contributed by atoms with Crippen LogP contribution >= 0.6 is 0 Å². The van der Waals surface area contributed by atoms with Crippen molar-refractivity contribution in [3.05, 3.63) is 36.7 Å². The van der Waals surface area contributed by atoms with Crippen molar-refractivity contribution in [1.29, 1.82) is 0 Å². The molecule has 0 atom stereocenters. The van der Waals surface area contributed by atoms with Crippen LogP contribution in [0.1, 0.15) is 0 Å². The zero-order valence-electron chi connectivity index (χ0n) is 12.9. The lowest BCUT2D eigenvalue weighted by atomic mass is 10.2. The monoisotopic (exact) mass is 321 g/mol. The number of benzene rings is 1. The molecule has 7 heteroatoms. The summed E-state index contributed by atoms with van der Waals surface area (Å²) in [6, 6.07) is 7.93. The number of para-hydroxylation sites is 1. The van der Waals surface area contributed by atoms with Gasteiger partial charge in [-0.15, -0.1) is 0 Å². The van der Waals surface area contributed by atoms with Crippen LogP contribution in [0.5, 0.6) is 0 Å². The van der Waals surface area contributed by atoms with E-state index in [2.05, 4.69) is 15.1 Å². The first-order valence-corrected chi connectivity index (χ1v) is 7.91. The van der Waals surface area contributed by atoms with Crippen molar-refractivity contribution in [2.24, 2.45) is 0 Å². The highest BCUT2D eigenvalue weighted by Crippen LogP contribution is 2.34.